The van der Waals surface area contributed by atoms with Crippen LogP contribution in [0.5, 0.6) is 0 Å². The number of nitrogens with zero attached hydrogens (tertiary/aromatic N) is 7. The maximum absolute atomic E-state index is 15.4. The number of thioether (sulfide) groups is 1. The number of aliphatic hydroxyl groups excluding tert-OH is 3. The number of hydrogen-bond donors (Lipinski definition) is 8. The van der Waals surface area contributed by atoms with Crippen LogP contribution in [0.2, 0.25) is 0 Å². The van der Waals surface area contributed by atoms with Crippen molar-refractivity contribution in [3.8, 4) is 0 Å². The van der Waals surface area contributed by atoms with E-state index < -0.39 is 167 Å². The molecule has 26 nitrogen and oxygen atoms in total. The van der Waals surface area contributed by atoms with E-state index in [1.165, 1.54) is 108 Å². The van der Waals surface area contributed by atoms with E-state index in [0.717, 1.165) is 14.7 Å². The van der Waals surface area contributed by atoms with E-state index >= 15 is 28.8 Å². The van der Waals surface area contributed by atoms with Gasteiger partial charge in [-0.1, -0.05) is 95.2 Å². The van der Waals surface area contributed by atoms with E-state index in [-0.39, 0.29) is 75.2 Å². The molecule has 1 heterocycles. The van der Waals surface area contributed by atoms with Crippen LogP contribution in [0.1, 0.15) is 169 Å². The zero-order valence-electron chi connectivity index (χ0n) is 62.4. The highest BCUT2D eigenvalue weighted by Crippen LogP contribution is 2.27. The van der Waals surface area contributed by atoms with Crippen molar-refractivity contribution in [1.82, 2.24) is 55.6 Å². The molecule has 552 valence electrons. The maximum Gasteiger partial charge on any atom is 0.246 e. The lowest BCUT2D eigenvalue weighted by molar-refractivity contribution is -0.157. The third kappa shape index (κ3) is 25.8. The average molecular weight is 1380 g/mol. The molecule has 1 aliphatic rings. The van der Waals surface area contributed by atoms with Crippen LogP contribution in [0.3, 0.4) is 0 Å². The summed E-state index contributed by atoms with van der Waals surface area (Å²) >= 11 is 1.28. The third-order valence-electron chi connectivity index (χ3n) is 18.1. The molecule has 1 fully saturated rings. The molecule has 0 aromatic heterocycles. The van der Waals surface area contributed by atoms with Gasteiger partial charge in [-0.15, -0.1) is 0 Å². The van der Waals surface area contributed by atoms with Crippen molar-refractivity contribution in [2.24, 2.45) is 41.4 Å². The van der Waals surface area contributed by atoms with Crippen LogP contribution >= 0.6 is 11.8 Å². The monoisotopic (exact) mass is 1380 g/mol. The Morgan fingerprint density at radius 2 is 0.948 bits per heavy atom. The fraction of sp³-hybridized carbons (Fsp3) is 0.812. The van der Waals surface area contributed by atoms with Gasteiger partial charge in [-0.3, -0.25) is 52.7 Å². The second-order valence-electron chi connectivity index (χ2n) is 29.1. The van der Waals surface area contributed by atoms with Crippen molar-refractivity contribution >= 4 is 76.7 Å². The van der Waals surface area contributed by atoms with Crippen LogP contribution in [-0.2, 0) is 52.7 Å². The molecule has 0 aromatic rings. The summed E-state index contributed by atoms with van der Waals surface area (Å²) in [7, 11) is 9.71. The van der Waals surface area contributed by atoms with E-state index in [2.05, 4.69) is 21.3 Å². The van der Waals surface area contributed by atoms with Crippen molar-refractivity contribution in [3.05, 3.63) is 12.2 Å². The van der Waals surface area contributed by atoms with E-state index in [1.54, 1.807) is 60.6 Å². The van der Waals surface area contributed by atoms with Crippen LogP contribution in [0.4, 0.5) is 0 Å². The lowest BCUT2D eigenvalue weighted by atomic mass is 9.91. The average Bonchev–Trinajstić information content (AvgIpc) is 0.829. The van der Waals surface area contributed by atoms with E-state index in [9.17, 15) is 44.4 Å². The molecule has 27 heteroatoms. The van der Waals surface area contributed by atoms with E-state index in [0.29, 0.717) is 18.6 Å². The Labute approximate surface area is 577 Å². The van der Waals surface area contributed by atoms with Gasteiger partial charge in [0.25, 0.3) is 0 Å². The lowest BCUT2D eigenvalue weighted by Crippen LogP contribution is -2.64. The number of likely N-dealkylation sites (N-methyl/N-ethyl adjacent to an activating group) is 7. The highest BCUT2D eigenvalue weighted by molar-refractivity contribution is 7.99. The van der Waals surface area contributed by atoms with Gasteiger partial charge in [0, 0.05) is 80.6 Å². The van der Waals surface area contributed by atoms with Gasteiger partial charge in [-0.05, 0) is 121 Å². The minimum Gasteiger partial charge on any atom is -0.396 e. The molecule has 0 aromatic carbocycles. The molecule has 0 saturated carbocycles. The molecule has 1 saturated heterocycles. The van der Waals surface area contributed by atoms with Gasteiger partial charge in [0.15, 0.2) is 0 Å². The first kappa shape index (κ1) is 88.1. The quantitative estimate of drug-likeness (QED) is 0.0539. The van der Waals surface area contributed by atoms with Gasteiger partial charge < -0.3 is 76.0 Å². The Bertz CT molecular complexity index is 2600. The van der Waals surface area contributed by atoms with E-state index in [1.807, 2.05) is 41.5 Å². The molecule has 1 rings (SSSR count). The Balaban J connectivity index is 4.58. The first-order chi connectivity index (χ1) is 44.4. The Kier molecular flexibility index (Phi) is 37.5. The summed E-state index contributed by atoms with van der Waals surface area (Å²) in [6.45, 7) is 28.2. The lowest BCUT2D eigenvalue weighted by Gasteiger charge is -2.41. The predicted molar refractivity (Wildman–Crippen MR) is 373 cm³/mol. The molecule has 0 aliphatic carbocycles. The molecule has 1 aliphatic heterocycles. The summed E-state index contributed by atoms with van der Waals surface area (Å²) in [6.07, 6.45) is 3.09. The summed E-state index contributed by atoms with van der Waals surface area (Å²) < 4.78 is 0. The second-order valence-corrected chi connectivity index (χ2v) is 30.3. The van der Waals surface area contributed by atoms with Crippen molar-refractivity contribution < 1.29 is 73.2 Å². The number of carbonyl (C=O) groups is 11. The van der Waals surface area contributed by atoms with Crippen LogP contribution in [-0.4, -0.2) is 272 Å². The van der Waals surface area contributed by atoms with Crippen molar-refractivity contribution in [3.63, 3.8) is 0 Å². The number of allylic oxidation sites excluding steroid dienone is 2. The fourth-order valence-corrected chi connectivity index (χ4v) is 13.0. The van der Waals surface area contributed by atoms with Gasteiger partial charge in [-0.25, -0.2) is 0 Å². The van der Waals surface area contributed by atoms with Crippen molar-refractivity contribution in [2.45, 2.75) is 247 Å². The number of hydrogen-bond acceptors (Lipinski definition) is 16. The summed E-state index contributed by atoms with van der Waals surface area (Å²) in [6, 6.07) is -14.7. The fourth-order valence-electron chi connectivity index (χ4n) is 11.9. The zero-order chi connectivity index (χ0) is 74.3. The second kappa shape index (κ2) is 40.9. The number of amides is 11. The standard InChI is InChI=1S/C69H125N11O15S/c1-25-27-29-44(13)57(83)56-61(87)72-48(26-2)63(89)78(22)53(38-96-31-28-30-47(36-81)37-82)66(92)77(21)52(35-69(16,17)95)60(86)73-54(42(9)10)67(93)74(18)49(32-39(3)4)59(85)70-45(14)58(84)71-46(15)62(88)75(19)50(33-40(5)6)64(90)76(20)51(34-41(7)8)65(91)79(23)55(43(11)12)68(94)80(56)24/h25,27,39-57,81-83,95H,26,28-38H2,1-24H3,(H,70,85)(H,71,84)(H,72,87)(H,73,86)/t44-,45+,46-,48+,49+,50+,51+,52+,53-,54+,55+,56+,57-/m1/s1. The first-order valence-electron chi connectivity index (χ1n) is 34.3. The van der Waals surface area contributed by atoms with Gasteiger partial charge in [0.1, 0.15) is 66.5 Å². The molecular formula is C69H125N11O15S. The SMILES string of the molecule is CC=CC[C@@H](C)[C@@H](O)[C@H]1C(=O)N[C@@H](CC)C(=O)N(C)[C@H](CSCCCC(CO)CO)C(=O)N(C)[C@@H](CC(C)(C)O)C(=O)N[C@@H](C(C)C)C(=O)N(C)[C@@H](CC(C)C)C(=O)N[C@@H](C)C(=O)N[C@H](C)C(=O)N(C)[C@@H](CC(C)C)C(=O)N(C)[C@@H](CC(C)C)C(=O)N(C)[C@@H](C(C)C)C(=O)N1C. The molecule has 11 amide bonds. The largest absolute Gasteiger partial charge is 0.396 e. The molecule has 13 atom stereocenters. The van der Waals surface area contributed by atoms with Gasteiger partial charge in [0.05, 0.1) is 11.7 Å². The number of carbonyl (C=O) groups excluding carboxylic acids is 11. The highest BCUT2D eigenvalue weighted by Gasteiger charge is 2.47. The molecule has 96 heavy (non-hydrogen) atoms. The smallest absolute Gasteiger partial charge is 0.246 e. The topological polar surface area (TPSA) is 339 Å². The molecular weight excluding hydrogens is 1250 g/mol. The predicted octanol–water partition coefficient (Wildman–Crippen LogP) is 2.87. The third-order valence-corrected chi connectivity index (χ3v) is 19.2. The van der Waals surface area contributed by atoms with Crippen LogP contribution < -0.4 is 21.3 Å². The van der Waals surface area contributed by atoms with Crippen LogP contribution in [0.15, 0.2) is 12.2 Å². The highest BCUT2D eigenvalue weighted by atomic mass is 32.2. The maximum atomic E-state index is 15.4. The molecule has 0 unspecified atom stereocenters. The molecule has 8 N–H and O–H groups in total. The Hall–Kier alpha value is -5.90. The minimum atomic E-state index is -1.69. The van der Waals surface area contributed by atoms with Crippen LogP contribution in [0, 0.1) is 41.4 Å². The molecule has 0 radical (unpaired) electrons. The summed E-state index contributed by atoms with van der Waals surface area (Å²) in [5.74, 6) is -10.8. The van der Waals surface area contributed by atoms with Crippen molar-refractivity contribution in [2.75, 3.05) is 74.1 Å². The Morgan fingerprint density at radius 1 is 0.510 bits per heavy atom. The first-order valence-corrected chi connectivity index (χ1v) is 35.5. The summed E-state index contributed by atoms with van der Waals surface area (Å²) in [5, 5.41) is 54.2. The Morgan fingerprint density at radius 3 is 1.42 bits per heavy atom. The number of rotatable bonds is 23. The van der Waals surface area contributed by atoms with Gasteiger partial charge in [0.2, 0.25) is 65.0 Å². The molecule has 0 bridgehead atoms. The number of aliphatic hydroxyl groups is 4. The van der Waals surface area contributed by atoms with Crippen molar-refractivity contribution in [1.29, 1.82) is 0 Å². The zero-order valence-corrected chi connectivity index (χ0v) is 63.2. The van der Waals surface area contributed by atoms with Gasteiger partial charge in [-0.2, -0.15) is 11.8 Å². The van der Waals surface area contributed by atoms with E-state index in [4.69, 9.17) is 0 Å². The number of nitrogens with one attached hydrogen (secondary N) is 4. The minimum absolute atomic E-state index is 0.0655. The van der Waals surface area contributed by atoms with Gasteiger partial charge >= 0.3 is 0 Å². The van der Waals surface area contributed by atoms with Crippen LogP contribution in [0.25, 0.3) is 0 Å². The molecule has 0 spiro atoms. The summed E-state index contributed by atoms with van der Waals surface area (Å²) in [4.78, 5) is 172. The summed E-state index contributed by atoms with van der Waals surface area (Å²) in [5.41, 5.74) is -1.62. The normalized spacial score (nSPS) is 26.2.